The Labute approximate surface area is 116 Å². The SMILES string of the molecule is NC(=NOC(=O)C=Cc1ccccc1)c1ccccn1. The van der Waals surface area contributed by atoms with E-state index in [1.807, 2.05) is 30.3 Å². The van der Waals surface area contributed by atoms with Crippen LogP contribution in [0.2, 0.25) is 0 Å². The van der Waals surface area contributed by atoms with Crippen molar-refractivity contribution in [3.8, 4) is 0 Å². The highest BCUT2D eigenvalue weighted by atomic mass is 16.7. The summed E-state index contributed by atoms with van der Waals surface area (Å²) in [4.78, 5) is 20.1. The van der Waals surface area contributed by atoms with Crippen LogP contribution in [0.25, 0.3) is 6.08 Å². The van der Waals surface area contributed by atoms with Crippen molar-refractivity contribution in [2.75, 3.05) is 0 Å². The van der Waals surface area contributed by atoms with E-state index in [1.165, 1.54) is 6.08 Å². The molecule has 0 amide bonds. The Kier molecular flexibility index (Phi) is 4.61. The van der Waals surface area contributed by atoms with Crippen LogP contribution in [0.1, 0.15) is 11.3 Å². The van der Waals surface area contributed by atoms with Gasteiger partial charge in [-0.3, -0.25) is 4.98 Å². The number of amidine groups is 1. The molecule has 0 bridgehead atoms. The lowest BCUT2D eigenvalue weighted by Crippen LogP contribution is -2.16. The predicted octanol–water partition coefficient (Wildman–Crippen LogP) is 1.96. The summed E-state index contributed by atoms with van der Waals surface area (Å²) in [6.07, 6.45) is 4.49. The summed E-state index contributed by atoms with van der Waals surface area (Å²) in [5, 5.41) is 3.54. The first-order valence-corrected chi connectivity index (χ1v) is 5.94. The van der Waals surface area contributed by atoms with Crippen LogP contribution >= 0.6 is 0 Å². The summed E-state index contributed by atoms with van der Waals surface area (Å²) in [6.45, 7) is 0. The molecule has 5 heteroatoms. The zero-order chi connectivity index (χ0) is 14.2. The lowest BCUT2D eigenvalue weighted by molar-refractivity contribution is -0.137. The van der Waals surface area contributed by atoms with Gasteiger partial charge in [0.25, 0.3) is 0 Å². The average Bonchev–Trinajstić information content (AvgIpc) is 2.52. The molecule has 1 heterocycles. The number of hydrogen-bond donors (Lipinski definition) is 1. The van der Waals surface area contributed by atoms with Gasteiger partial charge in [-0.1, -0.05) is 41.6 Å². The molecule has 5 nitrogen and oxygen atoms in total. The first-order valence-electron chi connectivity index (χ1n) is 5.94. The highest BCUT2D eigenvalue weighted by Gasteiger charge is 2.01. The lowest BCUT2D eigenvalue weighted by atomic mass is 10.2. The van der Waals surface area contributed by atoms with Gasteiger partial charge in [0.2, 0.25) is 0 Å². The van der Waals surface area contributed by atoms with Gasteiger partial charge >= 0.3 is 5.97 Å². The van der Waals surface area contributed by atoms with Crippen LogP contribution in [0.5, 0.6) is 0 Å². The normalized spacial score (nSPS) is 11.5. The zero-order valence-electron chi connectivity index (χ0n) is 10.6. The van der Waals surface area contributed by atoms with Crippen molar-refractivity contribution in [1.29, 1.82) is 0 Å². The first-order chi connectivity index (χ1) is 9.75. The number of oxime groups is 1. The number of nitrogens with two attached hydrogens (primary N) is 1. The second-order valence-electron chi connectivity index (χ2n) is 3.85. The molecular weight excluding hydrogens is 254 g/mol. The van der Waals surface area contributed by atoms with Crippen LogP contribution in [-0.4, -0.2) is 16.8 Å². The molecule has 0 fully saturated rings. The summed E-state index contributed by atoms with van der Waals surface area (Å²) in [7, 11) is 0. The molecule has 1 aromatic heterocycles. The Balaban J connectivity index is 1.94. The Morgan fingerprint density at radius 1 is 1.15 bits per heavy atom. The second kappa shape index (κ2) is 6.84. The third kappa shape index (κ3) is 4.06. The topological polar surface area (TPSA) is 77.6 Å². The minimum Gasteiger partial charge on any atom is -0.379 e. The molecule has 0 saturated carbocycles. The maximum absolute atomic E-state index is 11.5. The molecule has 0 spiro atoms. The predicted molar refractivity (Wildman–Crippen MR) is 76.5 cm³/mol. The smallest absolute Gasteiger partial charge is 0.358 e. The van der Waals surface area contributed by atoms with E-state index in [-0.39, 0.29) is 5.84 Å². The van der Waals surface area contributed by atoms with Crippen molar-refractivity contribution >= 4 is 17.9 Å². The third-order valence-corrected chi connectivity index (χ3v) is 2.37. The van der Waals surface area contributed by atoms with E-state index >= 15 is 0 Å². The van der Waals surface area contributed by atoms with Crippen molar-refractivity contribution < 1.29 is 9.63 Å². The molecule has 0 aliphatic heterocycles. The van der Waals surface area contributed by atoms with Crippen LogP contribution in [0.15, 0.2) is 66.0 Å². The molecule has 20 heavy (non-hydrogen) atoms. The molecule has 0 unspecified atom stereocenters. The number of pyridine rings is 1. The van der Waals surface area contributed by atoms with Gasteiger partial charge in [-0.15, -0.1) is 0 Å². The first kappa shape index (κ1) is 13.5. The van der Waals surface area contributed by atoms with Crippen molar-refractivity contribution in [1.82, 2.24) is 4.98 Å². The van der Waals surface area contributed by atoms with E-state index in [1.54, 1.807) is 30.5 Å². The maximum Gasteiger partial charge on any atom is 0.358 e. The van der Waals surface area contributed by atoms with E-state index in [4.69, 9.17) is 5.73 Å². The number of nitrogens with zero attached hydrogens (tertiary/aromatic N) is 2. The van der Waals surface area contributed by atoms with Crippen molar-refractivity contribution in [3.05, 3.63) is 72.1 Å². The van der Waals surface area contributed by atoms with Crippen molar-refractivity contribution in [2.45, 2.75) is 0 Å². The Hall–Kier alpha value is -2.95. The van der Waals surface area contributed by atoms with E-state index in [9.17, 15) is 4.79 Å². The van der Waals surface area contributed by atoms with Gasteiger partial charge in [-0.05, 0) is 23.8 Å². The summed E-state index contributed by atoms with van der Waals surface area (Å²) in [5.74, 6) is -0.556. The van der Waals surface area contributed by atoms with Crippen LogP contribution in [0.3, 0.4) is 0 Å². The van der Waals surface area contributed by atoms with Crippen molar-refractivity contribution in [2.24, 2.45) is 10.9 Å². The average molecular weight is 267 g/mol. The largest absolute Gasteiger partial charge is 0.379 e. The molecule has 2 N–H and O–H groups in total. The molecule has 2 aromatic rings. The molecule has 0 aliphatic rings. The Morgan fingerprint density at radius 3 is 2.60 bits per heavy atom. The van der Waals surface area contributed by atoms with E-state index < -0.39 is 5.97 Å². The summed E-state index contributed by atoms with van der Waals surface area (Å²) in [5.41, 5.74) is 6.98. The number of benzene rings is 1. The van der Waals surface area contributed by atoms with Gasteiger partial charge in [0.15, 0.2) is 5.84 Å². The number of rotatable bonds is 4. The molecule has 0 atom stereocenters. The lowest BCUT2D eigenvalue weighted by Gasteiger charge is -1.97. The quantitative estimate of drug-likeness (QED) is 0.302. The molecular formula is C15H13N3O2. The fraction of sp³-hybridized carbons (Fsp3) is 0. The van der Waals surface area contributed by atoms with Gasteiger partial charge in [0.05, 0.1) is 0 Å². The van der Waals surface area contributed by atoms with Crippen LogP contribution in [-0.2, 0) is 9.63 Å². The molecule has 100 valence electrons. The molecule has 2 rings (SSSR count). The molecule has 0 radical (unpaired) electrons. The number of hydrogen-bond acceptors (Lipinski definition) is 4. The molecule has 0 saturated heterocycles. The second-order valence-corrected chi connectivity index (χ2v) is 3.85. The van der Waals surface area contributed by atoms with Gasteiger partial charge in [0, 0.05) is 12.3 Å². The van der Waals surface area contributed by atoms with E-state index in [0.29, 0.717) is 5.69 Å². The number of carbonyl (C=O) groups excluding carboxylic acids is 1. The van der Waals surface area contributed by atoms with Gasteiger partial charge in [-0.2, -0.15) is 0 Å². The fourth-order valence-electron chi connectivity index (χ4n) is 1.41. The molecule has 1 aromatic carbocycles. The monoisotopic (exact) mass is 267 g/mol. The zero-order valence-corrected chi connectivity index (χ0v) is 10.6. The fourth-order valence-corrected chi connectivity index (χ4v) is 1.41. The summed E-state index contributed by atoms with van der Waals surface area (Å²) in [6, 6.07) is 14.6. The number of carbonyl (C=O) groups is 1. The Bertz CT molecular complexity index is 622. The summed E-state index contributed by atoms with van der Waals surface area (Å²) < 4.78 is 0. The highest BCUT2D eigenvalue weighted by Crippen LogP contribution is 2.01. The van der Waals surface area contributed by atoms with Gasteiger partial charge in [0.1, 0.15) is 5.69 Å². The van der Waals surface area contributed by atoms with E-state index in [2.05, 4.69) is 15.0 Å². The van der Waals surface area contributed by atoms with Crippen LogP contribution in [0, 0.1) is 0 Å². The van der Waals surface area contributed by atoms with E-state index in [0.717, 1.165) is 5.56 Å². The van der Waals surface area contributed by atoms with Crippen molar-refractivity contribution in [3.63, 3.8) is 0 Å². The number of aromatic nitrogens is 1. The van der Waals surface area contributed by atoms with Crippen LogP contribution in [0.4, 0.5) is 0 Å². The Morgan fingerprint density at radius 2 is 1.90 bits per heavy atom. The van der Waals surface area contributed by atoms with Gasteiger partial charge < -0.3 is 10.6 Å². The highest BCUT2D eigenvalue weighted by molar-refractivity contribution is 5.96. The van der Waals surface area contributed by atoms with Crippen LogP contribution < -0.4 is 5.73 Å². The minimum atomic E-state index is -0.604. The standard InChI is InChI=1S/C15H13N3O2/c16-15(13-8-4-5-11-17-13)18-20-14(19)10-9-12-6-2-1-3-7-12/h1-11H,(H2,16,18). The minimum absolute atomic E-state index is 0.0482. The van der Waals surface area contributed by atoms with Gasteiger partial charge in [-0.25, -0.2) is 4.79 Å². The third-order valence-electron chi connectivity index (χ3n) is 2.37. The maximum atomic E-state index is 11.5. The molecule has 0 aliphatic carbocycles. The summed E-state index contributed by atoms with van der Waals surface area (Å²) >= 11 is 0.